The molecule has 0 aliphatic heterocycles. The zero-order valence-electron chi connectivity index (χ0n) is 17.5. The first-order chi connectivity index (χ1) is 15.0. The number of oxazole rings is 1. The molecule has 4 rings (SSSR count). The second-order valence-corrected chi connectivity index (χ2v) is 7.79. The summed E-state index contributed by atoms with van der Waals surface area (Å²) >= 11 is 0. The molecule has 0 saturated carbocycles. The van der Waals surface area contributed by atoms with Crippen LogP contribution in [-0.2, 0) is 27.4 Å². The molecule has 1 aromatic heterocycles. The van der Waals surface area contributed by atoms with Crippen molar-refractivity contribution in [3.8, 4) is 0 Å². The lowest BCUT2D eigenvalue weighted by Crippen LogP contribution is -2.45. The fraction of sp³-hybridized carbons (Fsp3) is 0.240. The van der Waals surface area contributed by atoms with E-state index < -0.39 is 12.0 Å². The van der Waals surface area contributed by atoms with E-state index in [4.69, 9.17) is 9.15 Å². The van der Waals surface area contributed by atoms with E-state index in [0.29, 0.717) is 17.0 Å². The predicted octanol–water partition coefficient (Wildman–Crippen LogP) is 4.41. The first kappa shape index (κ1) is 20.6. The first-order valence-electron chi connectivity index (χ1n) is 10.3. The molecule has 0 fully saturated rings. The molecule has 0 unspecified atom stereocenters. The maximum absolute atomic E-state index is 12.7. The maximum atomic E-state index is 12.7. The zero-order chi connectivity index (χ0) is 21.8. The lowest BCUT2D eigenvalue weighted by molar-refractivity contribution is -0.151. The number of nitrogens with zero attached hydrogens (tertiary/aromatic N) is 1. The molecule has 1 N–H and O–H groups in total. The fourth-order valence-corrected chi connectivity index (χ4v) is 3.55. The fourth-order valence-electron chi connectivity index (χ4n) is 3.55. The van der Waals surface area contributed by atoms with Crippen molar-refractivity contribution >= 4 is 33.7 Å². The number of fused-ring (bicyclic) bond motifs is 2. The number of benzene rings is 3. The van der Waals surface area contributed by atoms with Crippen LogP contribution >= 0.6 is 0 Å². The Morgan fingerprint density at radius 1 is 1.00 bits per heavy atom. The van der Waals surface area contributed by atoms with Gasteiger partial charge in [0.15, 0.2) is 12.2 Å². The number of ether oxygens (including phenoxy) is 1. The average molecular weight is 416 g/mol. The summed E-state index contributed by atoms with van der Waals surface area (Å²) in [6, 6.07) is 20.4. The van der Waals surface area contributed by atoms with Crippen molar-refractivity contribution in [1.29, 1.82) is 0 Å². The molecule has 0 saturated heterocycles. The molecule has 0 bridgehead atoms. The lowest BCUT2D eigenvalue weighted by Gasteiger charge is -2.20. The zero-order valence-corrected chi connectivity index (χ0v) is 17.5. The lowest BCUT2D eigenvalue weighted by atomic mass is 10.0. The van der Waals surface area contributed by atoms with Crippen molar-refractivity contribution in [1.82, 2.24) is 10.3 Å². The van der Waals surface area contributed by atoms with Crippen LogP contribution in [0.2, 0.25) is 0 Å². The summed E-state index contributed by atoms with van der Waals surface area (Å²) in [5, 5.41) is 4.93. The van der Waals surface area contributed by atoms with Crippen LogP contribution in [0, 0.1) is 5.92 Å². The van der Waals surface area contributed by atoms with Gasteiger partial charge in [-0.1, -0.05) is 68.4 Å². The Balaban J connectivity index is 1.40. The number of hydrogen-bond donors (Lipinski definition) is 1. The number of amides is 1. The second kappa shape index (κ2) is 9.00. The van der Waals surface area contributed by atoms with Gasteiger partial charge < -0.3 is 14.5 Å². The molecule has 4 aromatic rings. The van der Waals surface area contributed by atoms with Crippen LogP contribution in [0.4, 0.5) is 0 Å². The molecule has 6 nitrogen and oxygen atoms in total. The Morgan fingerprint density at radius 2 is 1.74 bits per heavy atom. The number of carbonyl (C=O) groups excluding carboxylic acids is 2. The molecule has 1 heterocycles. The highest BCUT2D eigenvalue weighted by Crippen LogP contribution is 2.19. The molecule has 1 atom stereocenters. The monoisotopic (exact) mass is 416 g/mol. The maximum Gasteiger partial charge on any atom is 0.329 e. The Labute approximate surface area is 180 Å². The molecule has 0 aliphatic rings. The summed E-state index contributed by atoms with van der Waals surface area (Å²) in [6.45, 7) is 3.64. The van der Waals surface area contributed by atoms with Gasteiger partial charge in [-0.15, -0.1) is 0 Å². The van der Waals surface area contributed by atoms with Crippen LogP contribution in [0.1, 0.15) is 25.3 Å². The molecule has 0 spiro atoms. The number of rotatable bonds is 7. The second-order valence-electron chi connectivity index (χ2n) is 7.79. The Hall–Kier alpha value is -3.67. The van der Waals surface area contributed by atoms with Crippen molar-refractivity contribution < 1.29 is 18.7 Å². The molecule has 0 aliphatic carbocycles. The molecule has 1 amide bonds. The van der Waals surface area contributed by atoms with Gasteiger partial charge in [0.1, 0.15) is 11.6 Å². The van der Waals surface area contributed by atoms with Gasteiger partial charge in [-0.3, -0.25) is 4.79 Å². The third kappa shape index (κ3) is 4.74. The van der Waals surface area contributed by atoms with Crippen LogP contribution in [0.25, 0.3) is 21.9 Å². The van der Waals surface area contributed by atoms with E-state index >= 15 is 0 Å². The van der Waals surface area contributed by atoms with Gasteiger partial charge >= 0.3 is 5.97 Å². The number of para-hydroxylation sites is 2. The third-order valence-electron chi connectivity index (χ3n) is 5.14. The summed E-state index contributed by atoms with van der Waals surface area (Å²) < 4.78 is 11.0. The van der Waals surface area contributed by atoms with Crippen LogP contribution in [0.5, 0.6) is 0 Å². The van der Waals surface area contributed by atoms with Crippen molar-refractivity contribution in [3.05, 3.63) is 78.2 Å². The van der Waals surface area contributed by atoms with Gasteiger partial charge in [0.2, 0.25) is 11.8 Å². The minimum absolute atomic E-state index is 0.0874. The average Bonchev–Trinajstić information content (AvgIpc) is 3.19. The van der Waals surface area contributed by atoms with Gasteiger partial charge in [-0.05, 0) is 34.4 Å². The molecule has 6 heteroatoms. The highest BCUT2D eigenvalue weighted by molar-refractivity contribution is 5.91. The standard InChI is InChI=1S/C25H24N2O4/c1-16(2)24(25(29)30-15-23-26-20-12-5-6-13-21(20)31-23)27-22(28)14-18-10-7-9-17-8-3-4-11-19(17)18/h3-13,16,24H,14-15H2,1-2H3,(H,27,28)/t24-/m0/s1. The van der Waals surface area contributed by atoms with Gasteiger partial charge in [-0.25, -0.2) is 9.78 Å². The largest absolute Gasteiger partial charge is 0.454 e. The number of aromatic nitrogens is 1. The van der Waals surface area contributed by atoms with Gasteiger partial charge in [0.25, 0.3) is 0 Å². The van der Waals surface area contributed by atoms with Gasteiger partial charge in [0.05, 0.1) is 6.42 Å². The number of carbonyl (C=O) groups is 2. The van der Waals surface area contributed by atoms with Crippen molar-refractivity contribution in [3.63, 3.8) is 0 Å². The topological polar surface area (TPSA) is 81.4 Å². The molecule has 0 radical (unpaired) electrons. The third-order valence-corrected chi connectivity index (χ3v) is 5.14. The van der Waals surface area contributed by atoms with Crippen molar-refractivity contribution in [2.45, 2.75) is 32.9 Å². The van der Waals surface area contributed by atoms with Crippen molar-refractivity contribution in [2.24, 2.45) is 5.92 Å². The highest BCUT2D eigenvalue weighted by Gasteiger charge is 2.26. The first-order valence-corrected chi connectivity index (χ1v) is 10.3. The molecular formula is C25H24N2O4. The van der Waals surface area contributed by atoms with E-state index in [2.05, 4.69) is 10.3 Å². The SMILES string of the molecule is CC(C)[C@H](NC(=O)Cc1cccc2ccccc12)C(=O)OCc1nc2ccccc2o1. The molecule has 31 heavy (non-hydrogen) atoms. The van der Waals surface area contributed by atoms with Gasteiger partial charge in [-0.2, -0.15) is 0 Å². The minimum Gasteiger partial charge on any atom is -0.454 e. The Kier molecular flexibility index (Phi) is 5.98. The molecule has 158 valence electrons. The summed E-state index contributed by atoms with van der Waals surface area (Å²) in [7, 11) is 0. The number of hydrogen-bond acceptors (Lipinski definition) is 5. The normalized spacial score (nSPS) is 12.2. The molecular weight excluding hydrogens is 392 g/mol. The van der Waals surface area contributed by atoms with Crippen molar-refractivity contribution in [2.75, 3.05) is 0 Å². The predicted molar refractivity (Wildman–Crippen MR) is 118 cm³/mol. The van der Waals surface area contributed by atoms with E-state index in [9.17, 15) is 9.59 Å². The van der Waals surface area contributed by atoms with E-state index in [-0.39, 0.29) is 24.9 Å². The van der Waals surface area contributed by atoms with E-state index in [0.717, 1.165) is 16.3 Å². The smallest absolute Gasteiger partial charge is 0.329 e. The molecule has 3 aromatic carbocycles. The summed E-state index contributed by atoms with van der Waals surface area (Å²) in [5.41, 5.74) is 2.26. The van der Waals surface area contributed by atoms with Crippen LogP contribution in [0.15, 0.2) is 71.1 Å². The Bertz CT molecular complexity index is 1190. The van der Waals surface area contributed by atoms with Crippen LogP contribution in [0.3, 0.4) is 0 Å². The number of nitrogens with one attached hydrogen (secondary N) is 1. The van der Waals surface area contributed by atoms with Gasteiger partial charge in [0, 0.05) is 0 Å². The summed E-state index contributed by atoms with van der Waals surface area (Å²) in [5.74, 6) is -0.552. The van der Waals surface area contributed by atoms with E-state index in [1.165, 1.54) is 0 Å². The Morgan fingerprint density at radius 3 is 2.55 bits per heavy atom. The van der Waals surface area contributed by atoms with Crippen LogP contribution < -0.4 is 5.32 Å². The summed E-state index contributed by atoms with van der Waals surface area (Å²) in [6.07, 6.45) is 0.184. The summed E-state index contributed by atoms with van der Waals surface area (Å²) in [4.78, 5) is 29.7. The van der Waals surface area contributed by atoms with Crippen LogP contribution in [-0.4, -0.2) is 22.9 Å². The highest BCUT2D eigenvalue weighted by atomic mass is 16.5. The van der Waals surface area contributed by atoms with E-state index in [1.807, 2.05) is 74.5 Å². The van der Waals surface area contributed by atoms with E-state index in [1.54, 1.807) is 6.07 Å². The number of esters is 1. The quantitative estimate of drug-likeness (QED) is 0.452. The minimum atomic E-state index is -0.758.